The van der Waals surface area contributed by atoms with Gasteiger partial charge in [0, 0.05) is 4.88 Å². The van der Waals surface area contributed by atoms with Crippen LogP contribution in [0.4, 0.5) is 0 Å². The van der Waals surface area contributed by atoms with E-state index in [9.17, 15) is 0 Å². The Kier molecular flexibility index (Phi) is 4.85. The first kappa shape index (κ1) is 12.8. The number of aryl methyl sites for hydroxylation is 1. The van der Waals surface area contributed by atoms with Crippen molar-refractivity contribution in [3.63, 3.8) is 0 Å². The van der Waals surface area contributed by atoms with Gasteiger partial charge in [0.1, 0.15) is 0 Å². The van der Waals surface area contributed by atoms with Crippen LogP contribution in [-0.4, -0.2) is 0 Å². The molecular weight excluding hydrogens is 200 g/mol. The molecule has 0 atom stereocenters. The Morgan fingerprint density at radius 1 is 1.13 bits per heavy atom. The van der Waals surface area contributed by atoms with Crippen molar-refractivity contribution in [2.45, 2.75) is 65.2 Å². The third-order valence-corrected chi connectivity index (χ3v) is 4.12. The first-order chi connectivity index (χ1) is 7.04. The Bertz CT molecular complexity index is 278. The van der Waals surface area contributed by atoms with E-state index in [0.29, 0.717) is 5.41 Å². The van der Waals surface area contributed by atoms with Gasteiger partial charge >= 0.3 is 0 Å². The van der Waals surface area contributed by atoms with Gasteiger partial charge < -0.3 is 0 Å². The van der Waals surface area contributed by atoms with Gasteiger partial charge in [-0.05, 0) is 35.3 Å². The van der Waals surface area contributed by atoms with E-state index < -0.39 is 0 Å². The predicted molar refractivity (Wildman–Crippen MR) is 70.9 cm³/mol. The van der Waals surface area contributed by atoms with Gasteiger partial charge in [0.25, 0.3) is 0 Å². The fourth-order valence-electron chi connectivity index (χ4n) is 1.66. The fourth-order valence-corrected chi connectivity index (χ4v) is 2.69. The lowest BCUT2D eigenvalue weighted by Gasteiger charge is -2.15. The van der Waals surface area contributed by atoms with Gasteiger partial charge in [-0.15, -0.1) is 11.3 Å². The van der Waals surface area contributed by atoms with Crippen LogP contribution in [0.2, 0.25) is 0 Å². The molecule has 86 valence electrons. The van der Waals surface area contributed by atoms with Crippen molar-refractivity contribution in [3.05, 3.63) is 21.9 Å². The molecule has 1 aromatic rings. The molecule has 0 unspecified atom stereocenters. The zero-order valence-corrected chi connectivity index (χ0v) is 11.4. The smallest absolute Gasteiger partial charge is 0.0102 e. The van der Waals surface area contributed by atoms with Crippen molar-refractivity contribution >= 4 is 11.3 Å². The average molecular weight is 224 g/mol. The molecule has 15 heavy (non-hydrogen) atoms. The Labute approximate surface area is 98.7 Å². The van der Waals surface area contributed by atoms with Crippen LogP contribution in [0.25, 0.3) is 0 Å². The van der Waals surface area contributed by atoms with Crippen molar-refractivity contribution in [3.8, 4) is 0 Å². The minimum atomic E-state index is 0.326. The van der Waals surface area contributed by atoms with Crippen molar-refractivity contribution in [2.24, 2.45) is 0 Å². The fraction of sp³-hybridized carbons (Fsp3) is 0.714. The standard InChI is InChI=1S/C14H24S/c1-5-6-7-8-9-12-10-13(15-11-12)14(2,3)4/h10-11H,5-9H2,1-4H3. The number of unbranched alkanes of at least 4 members (excludes halogenated alkanes) is 3. The zero-order chi connectivity index (χ0) is 11.3. The summed E-state index contributed by atoms with van der Waals surface area (Å²) in [5.41, 5.74) is 1.87. The second-order valence-electron chi connectivity index (χ2n) is 5.38. The molecule has 0 aromatic carbocycles. The van der Waals surface area contributed by atoms with Crippen molar-refractivity contribution in [1.29, 1.82) is 0 Å². The molecule has 0 saturated carbocycles. The predicted octanol–water partition coefficient (Wildman–Crippen LogP) is 5.17. The Morgan fingerprint density at radius 2 is 1.87 bits per heavy atom. The third-order valence-electron chi connectivity index (χ3n) is 2.71. The topological polar surface area (TPSA) is 0 Å². The van der Waals surface area contributed by atoms with Crippen LogP contribution in [0.15, 0.2) is 11.4 Å². The molecule has 0 aliphatic carbocycles. The van der Waals surface area contributed by atoms with Crippen LogP contribution in [-0.2, 0) is 11.8 Å². The summed E-state index contributed by atoms with van der Waals surface area (Å²) in [6.45, 7) is 9.14. The van der Waals surface area contributed by atoms with Gasteiger partial charge in [-0.2, -0.15) is 0 Å². The van der Waals surface area contributed by atoms with Gasteiger partial charge in [-0.1, -0.05) is 47.0 Å². The molecular formula is C14H24S. The first-order valence-electron chi connectivity index (χ1n) is 6.12. The van der Waals surface area contributed by atoms with E-state index in [1.807, 2.05) is 11.3 Å². The van der Waals surface area contributed by atoms with E-state index in [4.69, 9.17) is 0 Å². The molecule has 1 aromatic heterocycles. The maximum Gasteiger partial charge on any atom is 0.0102 e. The number of hydrogen-bond donors (Lipinski definition) is 0. The molecule has 0 aliphatic rings. The molecule has 0 radical (unpaired) electrons. The molecule has 1 heteroatoms. The van der Waals surface area contributed by atoms with Gasteiger partial charge in [-0.3, -0.25) is 0 Å². The highest BCUT2D eigenvalue weighted by atomic mass is 32.1. The highest BCUT2D eigenvalue weighted by molar-refractivity contribution is 7.10. The van der Waals surface area contributed by atoms with Gasteiger partial charge in [0.2, 0.25) is 0 Å². The SMILES string of the molecule is CCCCCCc1csc(C(C)(C)C)c1. The quantitative estimate of drug-likeness (QED) is 0.605. The summed E-state index contributed by atoms with van der Waals surface area (Å²) in [7, 11) is 0. The molecule has 0 fully saturated rings. The van der Waals surface area contributed by atoms with Crippen LogP contribution in [0.3, 0.4) is 0 Å². The molecule has 1 heterocycles. The number of thiophene rings is 1. The van der Waals surface area contributed by atoms with E-state index in [-0.39, 0.29) is 0 Å². The van der Waals surface area contributed by atoms with Crippen molar-refractivity contribution < 1.29 is 0 Å². The summed E-state index contributed by atoms with van der Waals surface area (Å²) < 4.78 is 0. The van der Waals surface area contributed by atoms with Crippen LogP contribution >= 0.6 is 11.3 Å². The molecule has 0 amide bonds. The second-order valence-corrected chi connectivity index (χ2v) is 6.29. The average Bonchev–Trinajstić information content (AvgIpc) is 2.60. The van der Waals surface area contributed by atoms with E-state index in [0.717, 1.165) is 0 Å². The zero-order valence-electron chi connectivity index (χ0n) is 10.6. The first-order valence-corrected chi connectivity index (χ1v) is 7.00. The maximum absolute atomic E-state index is 2.40. The number of hydrogen-bond acceptors (Lipinski definition) is 1. The molecule has 0 nitrogen and oxygen atoms in total. The molecule has 0 N–H and O–H groups in total. The van der Waals surface area contributed by atoms with E-state index in [1.54, 1.807) is 5.56 Å². The van der Waals surface area contributed by atoms with Gasteiger partial charge in [0.15, 0.2) is 0 Å². The minimum Gasteiger partial charge on any atom is -0.148 e. The largest absolute Gasteiger partial charge is 0.148 e. The van der Waals surface area contributed by atoms with Crippen molar-refractivity contribution in [1.82, 2.24) is 0 Å². The van der Waals surface area contributed by atoms with Crippen LogP contribution in [0.1, 0.15) is 63.8 Å². The van der Waals surface area contributed by atoms with Gasteiger partial charge in [0.05, 0.1) is 0 Å². The van der Waals surface area contributed by atoms with Crippen LogP contribution < -0.4 is 0 Å². The summed E-state index contributed by atoms with van der Waals surface area (Å²) in [5, 5.41) is 2.34. The highest BCUT2D eigenvalue weighted by Gasteiger charge is 2.15. The second kappa shape index (κ2) is 5.69. The molecule has 0 bridgehead atoms. The Morgan fingerprint density at radius 3 is 2.40 bits per heavy atom. The minimum absolute atomic E-state index is 0.326. The maximum atomic E-state index is 2.40. The van der Waals surface area contributed by atoms with E-state index in [2.05, 4.69) is 39.1 Å². The highest BCUT2D eigenvalue weighted by Crippen LogP contribution is 2.29. The Balaban J connectivity index is 2.40. The van der Waals surface area contributed by atoms with Crippen LogP contribution in [0, 0.1) is 0 Å². The monoisotopic (exact) mass is 224 g/mol. The Hall–Kier alpha value is -0.300. The number of rotatable bonds is 5. The summed E-state index contributed by atoms with van der Waals surface area (Å²) in [5.74, 6) is 0. The molecule has 0 spiro atoms. The summed E-state index contributed by atoms with van der Waals surface area (Å²) in [4.78, 5) is 1.52. The summed E-state index contributed by atoms with van der Waals surface area (Å²) in [6.07, 6.45) is 6.73. The van der Waals surface area contributed by atoms with E-state index in [1.165, 1.54) is 37.0 Å². The van der Waals surface area contributed by atoms with Crippen LogP contribution in [0.5, 0.6) is 0 Å². The lowest BCUT2D eigenvalue weighted by Crippen LogP contribution is -2.07. The molecule has 0 saturated heterocycles. The molecule has 0 aliphatic heterocycles. The normalized spacial score (nSPS) is 12.0. The lowest BCUT2D eigenvalue weighted by atomic mass is 9.94. The molecule has 1 rings (SSSR count). The summed E-state index contributed by atoms with van der Waals surface area (Å²) >= 11 is 1.92. The van der Waals surface area contributed by atoms with E-state index >= 15 is 0 Å². The third kappa shape index (κ3) is 4.38. The van der Waals surface area contributed by atoms with Crippen molar-refractivity contribution in [2.75, 3.05) is 0 Å². The summed E-state index contributed by atoms with van der Waals surface area (Å²) in [6, 6.07) is 2.40. The lowest BCUT2D eigenvalue weighted by molar-refractivity contribution is 0.602. The van der Waals surface area contributed by atoms with Gasteiger partial charge in [-0.25, -0.2) is 0 Å².